The molecule has 0 aromatic carbocycles. The van der Waals surface area contributed by atoms with Crippen LogP contribution < -0.4 is 5.73 Å². The van der Waals surface area contributed by atoms with E-state index in [1.165, 1.54) is 6.42 Å². The van der Waals surface area contributed by atoms with Crippen LogP contribution in [0.15, 0.2) is 12.4 Å². The number of ether oxygens (including phenoxy) is 1. The maximum Gasteiger partial charge on any atom is 0.0698 e. The lowest BCUT2D eigenvalue weighted by Crippen LogP contribution is -2.42. The Morgan fingerprint density at radius 3 is 3.12 bits per heavy atom. The van der Waals surface area contributed by atoms with Gasteiger partial charge in [-0.3, -0.25) is 9.58 Å². The highest BCUT2D eigenvalue weighted by atomic mass is 16.5. The molecule has 5 heteroatoms. The fraction of sp³-hybridized carbons (Fsp3) is 0.750. The molecule has 1 aliphatic rings. The van der Waals surface area contributed by atoms with Crippen LogP contribution in [-0.4, -0.2) is 47.5 Å². The van der Waals surface area contributed by atoms with Crippen molar-refractivity contribution in [2.45, 2.75) is 25.0 Å². The molecule has 5 nitrogen and oxygen atoms in total. The zero-order valence-electron chi connectivity index (χ0n) is 10.7. The smallest absolute Gasteiger partial charge is 0.0698 e. The van der Waals surface area contributed by atoms with Crippen molar-refractivity contribution in [2.75, 3.05) is 26.7 Å². The van der Waals surface area contributed by atoms with E-state index in [2.05, 4.69) is 10.00 Å². The number of hydrogen-bond acceptors (Lipinski definition) is 4. The highest BCUT2D eigenvalue weighted by Crippen LogP contribution is 2.16. The molecular formula is C12H22N4O. The van der Waals surface area contributed by atoms with Crippen molar-refractivity contribution in [1.82, 2.24) is 14.7 Å². The Bertz CT molecular complexity index is 352. The molecule has 2 unspecified atom stereocenters. The van der Waals surface area contributed by atoms with Gasteiger partial charge in [-0.2, -0.15) is 5.10 Å². The van der Waals surface area contributed by atoms with Gasteiger partial charge in [-0.25, -0.2) is 0 Å². The van der Waals surface area contributed by atoms with Crippen molar-refractivity contribution in [3.63, 3.8) is 0 Å². The highest BCUT2D eigenvalue weighted by molar-refractivity contribution is 5.10. The first kappa shape index (κ1) is 12.5. The summed E-state index contributed by atoms with van der Waals surface area (Å²) in [4.78, 5) is 2.38. The average molecular weight is 238 g/mol. The molecule has 0 saturated carbocycles. The third-order valence-electron chi connectivity index (χ3n) is 3.40. The average Bonchev–Trinajstić information content (AvgIpc) is 2.76. The first-order valence-corrected chi connectivity index (χ1v) is 6.18. The van der Waals surface area contributed by atoms with Crippen molar-refractivity contribution in [3.8, 4) is 0 Å². The summed E-state index contributed by atoms with van der Waals surface area (Å²) in [6.07, 6.45) is 6.56. The molecule has 2 rings (SSSR count). The number of methoxy groups -OCH3 is 1. The van der Waals surface area contributed by atoms with Crippen molar-refractivity contribution >= 4 is 0 Å². The second kappa shape index (κ2) is 5.62. The first-order chi connectivity index (χ1) is 8.19. The van der Waals surface area contributed by atoms with Gasteiger partial charge in [-0.05, 0) is 19.4 Å². The number of nitrogens with two attached hydrogens (primary N) is 1. The van der Waals surface area contributed by atoms with Gasteiger partial charge in [0, 0.05) is 45.0 Å². The summed E-state index contributed by atoms with van der Waals surface area (Å²) in [5, 5.41) is 4.16. The van der Waals surface area contributed by atoms with E-state index >= 15 is 0 Å². The third-order valence-corrected chi connectivity index (χ3v) is 3.40. The van der Waals surface area contributed by atoms with Crippen LogP contribution in [0.25, 0.3) is 0 Å². The number of rotatable bonds is 4. The largest absolute Gasteiger partial charge is 0.380 e. The second-order valence-electron chi connectivity index (χ2n) is 4.81. The van der Waals surface area contributed by atoms with E-state index in [4.69, 9.17) is 10.5 Å². The standard InChI is InChI=1S/C12H22N4O/c1-15-7-10(6-14-15)12(13)9-16-5-3-4-11(8-16)17-2/h6-7,11-12H,3-5,8-9,13H2,1-2H3. The Balaban J connectivity index is 1.87. The molecule has 1 saturated heterocycles. The first-order valence-electron chi connectivity index (χ1n) is 6.18. The molecule has 0 spiro atoms. The lowest BCUT2D eigenvalue weighted by molar-refractivity contribution is 0.0294. The molecular weight excluding hydrogens is 216 g/mol. The SMILES string of the molecule is COC1CCCN(CC(N)c2cnn(C)c2)C1. The zero-order valence-corrected chi connectivity index (χ0v) is 10.7. The Hall–Kier alpha value is -0.910. The quantitative estimate of drug-likeness (QED) is 0.831. The van der Waals surface area contributed by atoms with Crippen molar-refractivity contribution < 1.29 is 4.74 Å². The Labute approximate surface area is 103 Å². The number of hydrogen-bond donors (Lipinski definition) is 1. The van der Waals surface area contributed by atoms with Crippen molar-refractivity contribution in [1.29, 1.82) is 0 Å². The predicted molar refractivity (Wildman–Crippen MR) is 66.6 cm³/mol. The minimum Gasteiger partial charge on any atom is -0.380 e. The fourth-order valence-corrected chi connectivity index (χ4v) is 2.39. The van der Waals surface area contributed by atoms with Crippen LogP contribution in [0.2, 0.25) is 0 Å². The van der Waals surface area contributed by atoms with Gasteiger partial charge < -0.3 is 10.5 Å². The summed E-state index contributed by atoms with van der Waals surface area (Å²) in [5.74, 6) is 0. The van der Waals surface area contributed by atoms with Crippen LogP contribution in [0.1, 0.15) is 24.4 Å². The van der Waals surface area contributed by atoms with E-state index < -0.39 is 0 Å². The summed E-state index contributed by atoms with van der Waals surface area (Å²) in [7, 11) is 3.70. The van der Waals surface area contributed by atoms with E-state index in [0.717, 1.165) is 31.6 Å². The minimum absolute atomic E-state index is 0.0410. The number of aryl methyl sites for hydroxylation is 1. The molecule has 1 aliphatic heterocycles. The van der Waals surface area contributed by atoms with Gasteiger partial charge in [0.1, 0.15) is 0 Å². The lowest BCUT2D eigenvalue weighted by Gasteiger charge is -2.33. The van der Waals surface area contributed by atoms with Gasteiger partial charge in [0.15, 0.2) is 0 Å². The molecule has 1 aromatic heterocycles. The summed E-state index contributed by atoms with van der Waals surface area (Å²) < 4.78 is 7.21. The number of likely N-dealkylation sites (tertiary alicyclic amines) is 1. The van der Waals surface area contributed by atoms with Gasteiger partial charge >= 0.3 is 0 Å². The Morgan fingerprint density at radius 2 is 2.47 bits per heavy atom. The van der Waals surface area contributed by atoms with E-state index in [-0.39, 0.29) is 6.04 Å². The van der Waals surface area contributed by atoms with Crippen LogP contribution in [0, 0.1) is 0 Å². The van der Waals surface area contributed by atoms with E-state index in [1.54, 1.807) is 11.8 Å². The molecule has 1 aromatic rings. The topological polar surface area (TPSA) is 56.3 Å². The molecule has 96 valence electrons. The lowest BCUT2D eigenvalue weighted by atomic mass is 10.1. The van der Waals surface area contributed by atoms with Gasteiger partial charge in [-0.15, -0.1) is 0 Å². The zero-order chi connectivity index (χ0) is 12.3. The van der Waals surface area contributed by atoms with E-state index in [1.807, 2.05) is 19.4 Å². The van der Waals surface area contributed by atoms with Crippen molar-refractivity contribution in [3.05, 3.63) is 18.0 Å². The molecule has 0 radical (unpaired) electrons. The predicted octanol–water partition coefficient (Wildman–Crippen LogP) is 0.531. The van der Waals surface area contributed by atoms with Crippen LogP contribution in [0.4, 0.5) is 0 Å². The van der Waals surface area contributed by atoms with Crippen LogP contribution in [0.3, 0.4) is 0 Å². The summed E-state index contributed by atoms with van der Waals surface area (Å²) in [6, 6.07) is 0.0410. The second-order valence-corrected chi connectivity index (χ2v) is 4.81. The van der Waals surface area contributed by atoms with E-state index in [9.17, 15) is 0 Å². The molecule has 0 amide bonds. The monoisotopic (exact) mass is 238 g/mol. The van der Waals surface area contributed by atoms with Crippen LogP contribution in [-0.2, 0) is 11.8 Å². The maximum atomic E-state index is 6.19. The molecule has 17 heavy (non-hydrogen) atoms. The Kier molecular flexibility index (Phi) is 4.15. The molecule has 0 bridgehead atoms. The number of nitrogens with zero attached hydrogens (tertiary/aromatic N) is 3. The molecule has 0 aliphatic carbocycles. The summed E-state index contributed by atoms with van der Waals surface area (Å²) in [5.41, 5.74) is 7.29. The minimum atomic E-state index is 0.0410. The Morgan fingerprint density at radius 1 is 1.65 bits per heavy atom. The maximum absolute atomic E-state index is 6.19. The molecule has 2 heterocycles. The third kappa shape index (κ3) is 3.28. The molecule has 2 N–H and O–H groups in total. The molecule has 1 fully saturated rings. The van der Waals surface area contributed by atoms with Gasteiger partial charge in [0.2, 0.25) is 0 Å². The van der Waals surface area contributed by atoms with Gasteiger partial charge in [0.25, 0.3) is 0 Å². The van der Waals surface area contributed by atoms with Gasteiger partial charge in [0.05, 0.1) is 12.3 Å². The fourth-order valence-electron chi connectivity index (χ4n) is 2.39. The summed E-state index contributed by atoms with van der Waals surface area (Å²) >= 11 is 0. The highest BCUT2D eigenvalue weighted by Gasteiger charge is 2.21. The normalized spacial score (nSPS) is 23.8. The number of piperidine rings is 1. The van der Waals surface area contributed by atoms with Crippen LogP contribution >= 0.6 is 0 Å². The van der Waals surface area contributed by atoms with Crippen molar-refractivity contribution in [2.24, 2.45) is 12.8 Å². The van der Waals surface area contributed by atoms with Crippen LogP contribution in [0.5, 0.6) is 0 Å². The number of aromatic nitrogens is 2. The van der Waals surface area contributed by atoms with Gasteiger partial charge in [-0.1, -0.05) is 0 Å². The van der Waals surface area contributed by atoms with E-state index in [0.29, 0.717) is 6.10 Å². The summed E-state index contributed by atoms with van der Waals surface area (Å²) in [6.45, 7) is 2.99. The molecule has 2 atom stereocenters.